The van der Waals surface area contributed by atoms with Gasteiger partial charge in [-0.3, -0.25) is 4.98 Å². The molecular weight excluding hydrogens is 372 g/mol. The highest BCUT2D eigenvalue weighted by atomic mass is 32.2. The van der Waals surface area contributed by atoms with Gasteiger partial charge in [0.2, 0.25) is 0 Å². The van der Waals surface area contributed by atoms with E-state index in [1.54, 1.807) is 29.4 Å². The summed E-state index contributed by atoms with van der Waals surface area (Å²) in [5.41, 5.74) is 1.81. The van der Waals surface area contributed by atoms with Gasteiger partial charge in [-0.25, -0.2) is 9.55 Å². The Bertz CT molecular complexity index is 737. The van der Waals surface area contributed by atoms with Crippen molar-refractivity contribution < 1.29 is 10.0 Å². The van der Waals surface area contributed by atoms with Crippen LogP contribution in [0.15, 0.2) is 23.4 Å². The Morgan fingerprint density at radius 1 is 1.23 bits per heavy atom. The van der Waals surface area contributed by atoms with E-state index in [0.29, 0.717) is 12.4 Å². The normalized spacial score (nSPS) is 11.0. The van der Waals surface area contributed by atoms with Crippen LogP contribution < -0.4 is 0 Å². The zero-order chi connectivity index (χ0) is 18.9. The molecule has 0 radical (unpaired) electrons. The fraction of sp³-hybridized carbons (Fsp3) is 0.529. The fourth-order valence-corrected chi connectivity index (χ4v) is 4.48. The largest absolute Gasteiger partial charge is 0.390 e. The van der Waals surface area contributed by atoms with Crippen molar-refractivity contribution in [2.45, 2.75) is 44.7 Å². The van der Waals surface area contributed by atoms with Crippen LogP contribution >= 0.6 is 23.5 Å². The van der Waals surface area contributed by atoms with E-state index in [9.17, 15) is 15.2 Å². The number of pyridine rings is 1. The Hall–Kier alpha value is -1.58. The van der Waals surface area contributed by atoms with Crippen molar-refractivity contribution in [1.29, 1.82) is 0 Å². The number of nitrogens with zero attached hydrogens (tertiary/aromatic N) is 4. The van der Waals surface area contributed by atoms with Gasteiger partial charge in [0.25, 0.3) is 0 Å². The number of nitro groups is 1. The minimum Gasteiger partial charge on any atom is -0.390 e. The molecule has 26 heavy (non-hydrogen) atoms. The standard InChI is InChI=1S/C17H24N4O3S2/c1-13-15(12-22)18-6-5-16(13)26-9-4-3-8-25-10-7-20-14(2)19-11-17(20)21(23)24/h5-6,11,22H,3-4,7-10,12H2,1-2H3. The molecule has 2 heterocycles. The van der Waals surface area contributed by atoms with E-state index in [2.05, 4.69) is 9.97 Å². The molecule has 0 unspecified atom stereocenters. The molecule has 0 aromatic carbocycles. The first kappa shape index (κ1) is 20.7. The van der Waals surface area contributed by atoms with E-state index < -0.39 is 0 Å². The van der Waals surface area contributed by atoms with Crippen LogP contribution in [0.2, 0.25) is 0 Å². The van der Waals surface area contributed by atoms with Gasteiger partial charge in [0, 0.05) is 23.8 Å². The molecule has 0 atom stereocenters. The van der Waals surface area contributed by atoms with Crippen LogP contribution in [0.1, 0.15) is 29.9 Å². The summed E-state index contributed by atoms with van der Waals surface area (Å²) in [5, 5.41) is 20.2. The number of aliphatic hydroxyl groups is 1. The number of thioether (sulfide) groups is 2. The number of aliphatic hydroxyl groups excluding tert-OH is 1. The van der Waals surface area contributed by atoms with Crippen LogP contribution in [0.3, 0.4) is 0 Å². The maximum absolute atomic E-state index is 10.9. The highest BCUT2D eigenvalue weighted by Crippen LogP contribution is 2.25. The molecule has 0 amide bonds. The van der Waals surface area contributed by atoms with Crippen molar-refractivity contribution in [3.8, 4) is 0 Å². The Morgan fingerprint density at radius 2 is 2.00 bits per heavy atom. The van der Waals surface area contributed by atoms with Gasteiger partial charge in [-0.05, 0) is 47.8 Å². The van der Waals surface area contributed by atoms with Crippen LogP contribution in [-0.2, 0) is 13.2 Å². The summed E-state index contributed by atoms with van der Waals surface area (Å²) in [5.74, 6) is 3.66. The van der Waals surface area contributed by atoms with Gasteiger partial charge in [-0.2, -0.15) is 11.8 Å². The molecule has 1 N–H and O–H groups in total. The summed E-state index contributed by atoms with van der Waals surface area (Å²) in [6.45, 7) is 4.37. The van der Waals surface area contributed by atoms with Gasteiger partial charge >= 0.3 is 5.82 Å². The van der Waals surface area contributed by atoms with E-state index in [1.807, 2.05) is 24.8 Å². The number of aryl methyl sites for hydroxylation is 1. The summed E-state index contributed by atoms with van der Waals surface area (Å²) >= 11 is 3.61. The Morgan fingerprint density at radius 3 is 2.73 bits per heavy atom. The highest BCUT2D eigenvalue weighted by Gasteiger charge is 2.16. The van der Waals surface area contributed by atoms with Crippen molar-refractivity contribution in [3.63, 3.8) is 0 Å². The molecular formula is C17H24N4O3S2. The molecule has 2 aromatic rings. The van der Waals surface area contributed by atoms with Gasteiger partial charge < -0.3 is 15.2 Å². The van der Waals surface area contributed by atoms with Gasteiger partial charge in [0.15, 0.2) is 5.82 Å². The number of aromatic nitrogens is 3. The third-order valence-electron chi connectivity index (χ3n) is 4.03. The summed E-state index contributed by atoms with van der Waals surface area (Å²) in [7, 11) is 0. The van der Waals surface area contributed by atoms with Crippen LogP contribution in [0.5, 0.6) is 0 Å². The molecule has 0 aliphatic rings. The second-order valence-electron chi connectivity index (χ2n) is 5.78. The van der Waals surface area contributed by atoms with E-state index in [1.165, 1.54) is 11.1 Å². The minimum absolute atomic E-state index is 0.0224. The average Bonchev–Trinajstić information content (AvgIpc) is 2.99. The lowest BCUT2D eigenvalue weighted by molar-refractivity contribution is -0.392. The van der Waals surface area contributed by atoms with E-state index in [4.69, 9.17) is 0 Å². The Kier molecular flexibility index (Phi) is 8.40. The predicted octanol–water partition coefficient (Wildman–Crippen LogP) is 3.60. The average molecular weight is 397 g/mol. The molecule has 0 spiro atoms. The zero-order valence-electron chi connectivity index (χ0n) is 15.1. The Labute approximate surface area is 161 Å². The fourth-order valence-electron chi connectivity index (χ4n) is 2.50. The van der Waals surface area contributed by atoms with Crippen molar-refractivity contribution in [3.05, 3.63) is 45.7 Å². The van der Waals surface area contributed by atoms with Gasteiger partial charge in [-0.15, -0.1) is 11.8 Å². The molecule has 0 aliphatic heterocycles. The predicted molar refractivity (Wildman–Crippen MR) is 106 cm³/mol. The lowest BCUT2D eigenvalue weighted by atomic mass is 10.2. The topological polar surface area (TPSA) is 94.1 Å². The molecule has 2 rings (SSSR count). The third kappa shape index (κ3) is 5.72. The van der Waals surface area contributed by atoms with Crippen LogP contribution in [0, 0.1) is 24.0 Å². The van der Waals surface area contributed by atoms with Crippen LogP contribution in [0.4, 0.5) is 5.82 Å². The summed E-state index contributed by atoms with van der Waals surface area (Å²) in [6.07, 6.45) is 5.28. The van der Waals surface area contributed by atoms with Crippen molar-refractivity contribution in [2.24, 2.45) is 0 Å². The lowest BCUT2D eigenvalue weighted by Gasteiger charge is -2.08. The number of imidazole rings is 1. The van der Waals surface area contributed by atoms with Crippen molar-refractivity contribution >= 4 is 29.3 Å². The number of hydrogen-bond acceptors (Lipinski definition) is 7. The summed E-state index contributed by atoms with van der Waals surface area (Å²) in [6, 6.07) is 1.99. The highest BCUT2D eigenvalue weighted by molar-refractivity contribution is 7.99. The summed E-state index contributed by atoms with van der Waals surface area (Å²) in [4.78, 5) is 19.9. The second-order valence-corrected chi connectivity index (χ2v) is 8.14. The van der Waals surface area contributed by atoms with Crippen LogP contribution in [0.25, 0.3) is 0 Å². The number of hydrogen-bond donors (Lipinski definition) is 1. The SMILES string of the molecule is Cc1c(SCCCCSCCn2c([N+](=O)[O-])cnc2C)ccnc1CO. The second kappa shape index (κ2) is 10.5. The van der Waals surface area contributed by atoms with Gasteiger partial charge in [0.05, 0.1) is 12.3 Å². The summed E-state index contributed by atoms with van der Waals surface area (Å²) < 4.78 is 1.66. The number of unbranched alkanes of at least 4 members (excludes halogenated alkanes) is 1. The molecule has 7 nitrogen and oxygen atoms in total. The molecule has 9 heteroatoms. The molecule has 0 aliphatic carbocycles. The number of rotatable bonds is 11. The molecule has 0 fully saturated rings. The quantitative estimate of drug-likeness (QED) is 0.268. The van der Waals surface area contributed by atoms with Gasteiger partial charge in [-0.1, -0.05) is 0 Å². The first-order valence-corrected chi connectivity index (χ1v) is 10.6. The first-order valence-electron chi connectivity index (χ1n) is 8.47. The zero-order valence-corrected chi connectivity index (χ0v) is 16.7. The van der Waals surface area contributed by atoms with E-state index in [0.717, 1.165) is 41.4 Å². The maximum atomic E-state index is 10.9. The van der Waals surface area contributed by atoms with Crippen molar-refractivity contribution in [2.75, 3.05) is 17.3 Å². The monoisotopic (exact) mass is 396 g/mol. The molecule has 0 bridgehead atoms. The van der Waals surface area contributed by atoms with Gasteiger partial charge in [0.1, 0.15) is 12.7 Å². The van der Waals surface area contributed by atoms with Crippen molar-refractivity contribution in [1.82, 2.24) is 14.5 Å². The Balaban J connectivity index is 1.62. The van der Waals surface area contributed by atoms with Crippen LogP contribution in [-0.4, -0.2) is 41.8 Å². The molecule has 0 saturated carbocycles. The molecule has 2 aromatic heterocycles. The van der Waals surface area contributed by atoms with E-state index in [-0.39, 0.29) is 17.3 Å². The lowest BCUT2D eigenvalue weighted by Crippen LogP contribution is -2.07. The third-order valence-corrected chi connectivity index (χ3v) is 6.32. The molecule has 142 valence electrons. The first-order chi connectivity index (χ1) is 12.5. The minimum atomic E-state index is -0.384. The smallest absolute Gasteiger partial charge is 0.342 e. The maximum Gasteiger partial charge on any atom is 0.342 e. The van der Waals surface area contributed by atoms with E-state index >= 15 is 0 Å². The molecule has 0 saturated heterocycles.